The highest BCUT2D eigenvalue weighted by atomic mass is 16.4. The van der Waals surface area contributed by atoms with Crippen LogP contribution in [0.4, 0.5) is 10.6 Å². The highest BCUT2D eigenvalue weighted by Gasteiger charge is 2.55. The Balaban J connectivity index is 1.68. The Labute approximate surface area is 148 Å². The molecule has 2 N–H and O–H groups in total. The van der Waals surface area contributed by atoms with Crippen LogP contribution in [0, 0.1) is 17.3 Å². The van der Waals surface area contributed by atoms with Gasteiger partial charge in [-0.15, -0.1) is 0 Å². The smallest absolute Gasteiger partial charge is 0.323 e. The zero-order valence-electron chi connectivity index (χ0n) is 15.2. The Hall–Kier alpha value is -2.05. The normalized spacial score (nSPS) is 26.7. The molecule has 0 radical (unpaired) electrons. The van der Waals surface area contributed by atoms with Crippen LogP contribution < -0.4 is 5.32 Å². The molecular weight excluding hydrogens is 320 g/mol. The summed E-state index contributed by atoms with van der Waals surface area (Å²) in [7, 11) is 0. The number of aromatic nitrogens is 2. The van der Waals surface area contributed by atoms with Crippen LogP contribution >= 0.6 is 0 Å². The lowest BCUT2D eigenvalue weighted by molar-refractivity contribution is -0.149. The van der Waals surface area contributed by atoms with Crippen molar-refractivity contribution in [3.8, 4) is 0 Å². The number of carbonyl (C=O) groups is 2. The molecule has 1 aromatic rings. The Kier molecular flexibility index (Phi) is 4.75. The number of carbonyl (C=O) groups excluding carboxylic acids is 1. The lowest BCUT2D eigenvalue weighted by Crippen LogP contribution is -2.39. The molecule has 0 bridgehead atoms. The van der Waals surface area contributed by atoms with Crippen LogP contribution in [-0.2, 0) is 4.79 Å². The zero-order valence-corrected chi connectivity index (χ0v) is 15.2. The lowest BCUT2D eigenvalue weighted by atomic mass is 9.81. The number of aliphatic carboxylic acids is 1. The summed E-state index contributed by atoms with van der Waals surface area (Å²) in [4.78, 5) is 26.1. The molecule has 7 nitrogen and oxygen atoms in total. The summed E-state index contributed by atoms with van der Waals surface area (Å²) in [6.45, 7) is 7.23. The highest BCUT2D eigenvalue weighted by Crippen LogP contribution is 2.48. The van der Waals surface area contributed by atoms with E-state index in [9.17, 15) is 14.7 Å². The van der Waals surface area contributed by atoms with Crippen LogP contribution in [0.1, 0.15) is 52.5 Å². The van der Waals surface area contributed by atoms with Crippen molar-refractivity contribution in [2.75, 3.05) is 18.4 Å². The van der Waals surface area contributed by atoms with E-state index in [1.165, 1.54) is 0 Å². The number of anilines is 1. The maximum absolute atomic E-state index is 12.7. The minimum Gasteiger partial charge on any atom is -0.481 e. The van der Waals surface area contributed by atoms with E-state index in [1.807, 2.05) is 4.68 Å². The molecule has 25 heavy (non-hydrogen) atoms. The fraction of sp³-hybridized carbons (Fsp3) is 0.722. The average molecular weight is 348 g/mol. The number of amides is 2. The van der Waals surface area contributed by atoms with E-state index < -0.39 is 11.4 Å². The van der Waals surface area contributed by atoms with Gasteiger partial charge in [0.05, 0.1) is 17.7 Å². The monoisotopic (exact) mass is 348 g/mol. The number of carboxylic acid groups (broad SMARTS) is 1. The van der Waals surface area contributed by atoms with Crippen LogP contribution in [0.5, 0.6) is 0 Å². The molecule has 3 atom stereocenters. The van der Waals surface area contributed by atoms with Crippen molar-refractivity contribution in [1.29, 1.82) is 0 Å². The molecule has 3 rings (SSSR count). The number of urea groups is 1. The molecule has 0 spiro atoms. The Morgan fingerprint density at radius 2 is 2.20 bits per heavy atom. The molecule has 2 heterocycles. The second-order valence-corrected chi connectivity index (χ2v) is 8.00. The Morgan fingerprint density at radius 1 is 1.44 bits per heavy atom. The van der Waals surface area contributed by atoms with E-state index >= 15 is 0 Å². The quantitative estimate of drug-likeness (QED) is 0.855. The molecule has 0 aromatic carbocycles. The third kappa shape index (κ3) is 3.24. The summed E-state index contributed by atoms with van der Waals surface area (Å²) in [5.41, 5.74) is -0.748. The molecule has 7 heteroatoms. The molecule has 1 aromatic heterocycles. The lowest BCUT2D eigenvalue weighted by Gasteiger charge is -2.24. The van der Waals surface area contributed by atoms with Gasteiger partial charge in [0.1, 0.15) is 5.82 Å². The minimum absolute atomic E-state index is 0.0699. The van der Waals surface area contributed by atoms with Gasteiger partial charge in [-0.25, -0.2) is 9.48 Å². The van der Waals surface area contributed by atoms with Gasteiger partial charge in [0.25, 0.3) is 0 Å². The molecule has 1 unspecified atom stereocenters. The number of nitrogens with zero attached hydrogens (tertiary/aromatic N) is 3. The van der Waals surface area contributed by atoms with Crippen molar-refractivity contribution < 1.29 is 14.7 Å². The summed E-state index contributed by atoms with van der Waals surface area (Å²) < 4.78 is 1.84. The van der Waals surface area contributed by atoms with Gasteiger partial charge in [0, 0.05) is 19.2 Å². The predicted octanol–water partition coefficient (Wildman–Crippen LogP) is 3.21. The first-order chi connectivity index (χ1) is 11.8. The summed E-state index contributed by atoms with van der Waals surface area (Å²) in [5, 5.41) is 16.9. The van der Waals surface area contributed by atoms with Crippen molar-refractivity contribution in [2.45, 2.75) is 52.5 Å². The second-order valence-electron chi connectivity index (χ2n) is 8.00. The Morgan fingerprint density at radius 3 is 2.84 bits per heavy atom. The first kappa shape index (κ1) is 17.8. The molecule has 1 aliphatic carbocycles. The van der Waals surface area contributed by atoms with Crippen LogP contribution in [0.3, 0.4) is 0 Å². The number of nitrogens with one attached hydrogen (secondary N) is 1. The third-order valence-electron chi connectivity index (χ3n) is 5.72. The van der Waals surface area contributed by atoms with E-state index in [2.05, 4.69) is 31.2 Å². The van der Waals surface area contributed by atoms with Gasteiger partial charge < -0.3 is 10.0 Å². The number of rotatable bonds is 5. The summed E-state index contributed by atoms with van der Waals surface area (Å²) in [6, 6.07) is 1.75. The fourth-order valence-corrected chi connectivity index (χ4v) is 4.53. The predicted molar refractivity (Wildman–Crippen MR) is 94.4 cm³/mol. The number of hydrogen-bond acceptors (Lipinski definition) is 3. The number of hydrogen-bond donors (Lipinski definition) is 2. The van der Waals surface area contributed by atoms with Gasteiger partial charge in [-0.05, 0) is 38.0 Å². The SMILES string of the molecule is CC(C)CC(C)n1nccc1NC(=O)N1C[C@@H]2CCC[C@@]2(C(=O)O)C1. The van der Waals surface area contributed by atoms with Crippen molar-refractivity contribution in [1.82, 2.24) is 14.7 Å². The molecular formula is C18H28N4O3. The molecule has 2 aliphatic rings. The van der Waals surface area contributed by atoms with Crippen LogP contribution in [0.25, 0.3) is 0 Å². The van der Waals surface area contributed by atoms with Crippen molar-refractivity contribution >= 4 is 17.8 Å². The molecule has 1 aliphatic heterocycles. The Bertz CT molecular complexity index is 657. The summed E-state index contributed by atoms with van der Waals surface area (Å²) >= 11 is 0. The fourth-order valence-electron chi connectivity index (χ4n) is 4.53. The molecule has 2 amide bonds. The third-order valence-corrected chi connectivity index (χ3v) is 5.72. The van der Waals surface area contributed by atoms with Gasteiger partial charge in [-0.3, -0.25) is 10.1 Å². The first-order valence-electron chi connectivity index (χ1n) is 9.16. The standard InChI is InChI=1S/C18H28N4O3/c1-12(2)9-13(3)22-15(6-8-19-22)20-17(25)21-10-14-5-4-7-18(14,11-21)16(23)24/h6,8,12-14H,4-5,7,9-11H2,1-3H3,(H,20,25)(H,23,24)/t13?,14-,18+/m0/s1. The average Bonchev–Trinajstić information content (AvgIpc) is 3.19. The van der Waals surface area contributed by atoms with E-state index in [4.69, 9.17) is 0 Å². The van der Waals surface area contributed by atoms with E-state index in [1.54, 1.807) is 17.2 Å². The molecule has 138 valence electrons. The maximum Gasteiger partial charge on any atom is 0.323 e. The minimum atomic E-state index is -0.763. The van der Waals surface area contributed by atoms with Crippen molar-refractivity contribution in [3.63, 3.8) is 0 Å². The van der Waals surface area contributed by atoms with Gasteiger partial charge in [-0.1, -0.05) is 20.3 Å². The van der Waals surface area contributed by atoms with Crippen LogP contribution in [0.15, 0.2) is 12.3 Å². The van der Waals surface area contributed by atoms with Gasteiger partial charge in [-0.2, -0.15) is 5.10 Å². The first-order valence-corrected chi connectivity index (χ1v) is 9.16. The highest BCUT2D eigenvalue weighted by molar-refractivity contribution is 5.90. The summed E-state index contributed by atoms with van der Waals surface area (Å²) in [6.07, 6.45) is 5.15. The van der Waals surface area contributed by atoms with Gasteiger partial charge in [0.15, 0.2) is 0 Å². The van der Waals surface area contributed by atoms with Gasteiger partial charge >= 0.3 is 12.0 Å². The van der Waals surface area contributed by atoms with Crippen molar-refractivity contribution in [3.05, 3.63) is 12.3 Å². The van der Waals surface area contributed by atoms with E-state index in [-0.39, 0.29) is 18.0 Å². The molecule has 1 saturated carbocycles. The van der Waals surface area contributed by atoms with E-state index in [0.717, 1.165) is 19.3 Å². The van der Waals surface area contributed by atoms with Crippen molar-refractivity contribution in [2.24, 2.45) is 17.3 Å². The zero-order chi connectivity index (χ0) is 18.2. The van der Waals surface area contributed by atoms with Crippen LogP contribution in [-0.4, -0.2) is 44.9 Å². The maximum atomic E-state index is 12.7. The number of fused-ring (bicyclic) bond motifs is 1. The molecule has 1 saturated heterocycles. The van der Waals surface area contributed by atoms with Crippen LogP contribution in [0.2, 0.25) is 0 Å². The topological polar surface area (TPSA) is 87.5 Å². The second kappa shape index (κ2) is 6.69. The summed E-state index contributed by atoms with van der Waals surface area (Å²) in [5.74, 6) is 0.511. The number of carboxylic acids is 1. The number of likely N-dealkylation sites (tertiary alicyclic amines) is 1. The van der Waals surface area contributed by atoms with E-state index in [0.29, 0.717) is 31.2 Å². The van der Waals surface area contributed by atoms with Gasteiger partial charge in [0.2, 0.25) is 0 Å². The largest absolute Gasteiger partial charge is 0.481 e. The molecule has 2 fully saturated rings.